The van der Waals surface area contributed by atoms with Gasteiger partial charge in [-0.15, -0.1) is 0 Å². The zero-order valence-electron chi connectivity index (χ0n) is 14.4. The number of sulfonamides is 1. The molecule has 0 aliphatic carbocycles. The molecule has 1 atom stereocenters. The molecular formula is C18H20F2N2O3S. The zero-order chi connectivity index (χ0) is 19.3. The summed E-state index contributed by atoms with van der Waals surface area (Å²) in [5, 5.41) is 2.62. The van der Waals surface area contributed by atoms with E-state index < -0.39 is 33.6 Å². The van der Waals surface area contributed by atoms with Gasteiger partial charge in [-0.1, -0.05) is 31.2 Å². The fraction of sp³-hybridized carbons (Fsp3) is 0.278. The maximum atomic E-state index is 14.1. The lowest BCUT2D eigenvalue weighted by Gasteiger charge is -2.30. The summed E-state index contributed by atoms with van der Waals surface area (Å²) in [5.41, 5.74) is 0.477. The highest BCUT2D eigenvalue weighted by Gasteiger charge is 2.32. The Labute approximate surface area is 151 Å². The minimum atomic E-state index is -3.90. The normalized spacial score (nSPS) is 12.5. The van der Waals surface area contributed by atoms with E-state index in [1.807, 2.05) is 0 Å². The van der Waals surface area contributed by atoms with Gasteiger partial charge in [0, 0.05) is 6.54 Å². The third-order valence-corrected chi connectivity index (χ3v) is 4.97. The maximum absolute atomic E-state index is 14.1. The molecule has 0 fully saturated rings. The first-order valence-electron chi connectivity index (χ1n) is 8.00. The first kappa shape index (κ1) is 19.8. The van der Waals surface area contributed by atoms with Crippen molar-refractivity contribution >= 4 is 21.6 Å². The van der Waals surface area contributed by atoms with Crippen molar-refractivity contribution in [3.8, 4) is 0 Å². The van der Waals surface area contributed by atoms with Crippen LogP contribution < -0.4 is 9.62 Å². The average Bonchev–Trinajstić information content (AvgIpc) is 2.58. The summed E-state index contributed by atoms with van der Waals surface area (Å²) in [6, 6.07) is 9.84. The van der Waals surface area contributed by atoms with Crippen molar-refractivity contribution in [3.05, 3.63) is 65.7 Å². The highest BCUT2D eigenvalue weighted by Crippen LogP contribution is 2.25. The zero-order valence-corrected chi connectivity index (χ0v) is 15.3. The molecule has 2 aromatic rings. The van der Waals surface area contributed by atoms with Gasteiger partial charge in [0.1, 0.15) is 17.7 Å². The number of rotatable bonds is 7. The molecule has 0 saturated carbocycles. The second-order valence-electron chi connectivity index (χ2n) is 5.78. The molecule has 0 radical (unpaired) electrons. The number of carbonyl (C=O) groups excluding carboxylic acids is 1. The largest absolute Gasteiger partial charge is 0.350 e. The predicted molar refractivity (Wildman–Crippen MR) is 96.0 cm³/mol. The van der Waals surface area contributed by atoms with Gasteiger partial charge in [0.2, 0.25) is 15.9 Å². The number of nitrogens with zero attached hydrogens (tertiary/aromatic N) is 1. The summed E-state index contributed by atoms with van der Waals surface area (Å²) in [6.07, 6.45) is 1.08. The highest BCUT2D eigenvalue weighted by molar-refractivity contribution is 7.92. The van der Waals surface area contributed by atoms with Gasteiger partial charge >= 0.3 is 0 Å². The van der Waals surface area contributed by atoms with Crippen molar-refractivity contribution in [1.29, 1.82) is 0 Å². The molecule has 0 saturated heterocycles. The standard InChI is InChI=1S/C18H20F2N2O3S/c1-3-16(18(23)21-12-13-8-10-14(19)11-9-13)22(26(2,24)25)17-7-5-4-6-15(17)20/h4-11,16H,3,12H2,1-2H3,(H,21,23)/t16-/m1/s1. The van der Waals surface area contributed by atoms with Crippen molar-refractivity contribution in [1.82, 2.24) is 5.32 Å². The lowest BCUT2D eigenvalue weighted by atomic mass is 10.1. The molecule has 5 nitrogen and oxygen atoms in total. The van der Waals surface area contributed by atoms with E-state index in [4.69, 9.17) is 0 Å². The van der Waals surface area contributed by atoms with Gasteiger partial charge in [-0.25, -0.2) is 17.2 Å². The molecular weight excluding hydrogens is 362 g/mol. The molecule has 0 aromatic heterocycles. The fourth-order valence-corrected chi connectivity index (χ4v) is 3.79. The van der Waals surface area contributed by atoms with E-state index >= 15 is 0 Å². The van der Waals surface area contributed by atoms with E-state index in [-0.39, 0.29) is 18.7 Å². The Morgan fingerprint density at radius 1 is 1.12 bits per heavy atom. The number of hydrogen-bond acceptors (Lipinski definition) is 3. The minimum absolute atomic E-state index is 0.102. The third kappa shape index (κ3) is 4.78. The van der Waals surface area contributed by atoms with Crippen LogP contribution in [0.1, 0.15) is 18.9 Å². The number of amides is 1. The SMILES string of the molecule is CC[C@H](C(=O)NCc1ccc(F)cc1)N(c1ccccc1F)S(C)(=O)=O. The molecule has 140 valence electrons. The molecule has 0 aliphatic heterocycles. The van der Waals surface area contributed by atoms with Crippen LogP contribution >= 0.6 is 0 Å². The molecule has 2 aromatic carbocycles. The number of anilines is 1. The minimum Gasteiger partial charge on any atom is -0.350 e. The third-order valence-electron chi connectivity index (χ3n) is 3.80. The summed E-state index contributed by atoms with van der Waals surface area (Å²) < 4.78 is 52.4. The molecule has 0 spiro atoms. The second-order valence-corrected chi connectivity index (χ2v) is 7.64. The molecule has 0 heterocycles. The maximum Gasteiger partial charge on any atom is 0.244 e. The van der Waals surface area contributed by atoms with Gasteiger partial charge in [0.15, 0.2) is 0 Å². The van der Waals surface area contributed by atoms with Crippen LogP contribution in [0, 0.1) is 11.6 Å². The number of halogens is 2. The molecule has 0 unspecified atom stereocenters. The van der Waals surface area contributed by atoms with Crippen molar-refractivity contribution in [2.24, 2.45) is 0 Å². The van der Waals surface area contributed by atoms with Crippen LogP contribution in [0.3, 0.4) is 0 Å². The summed E-state index contributed by atoms with van der Waals surface area (Å²) in [5.74, 6) is -1.69. The summed E-state index contributed by atoms with van der Waals surface area (Å²) >= 11 is 0. The van der Waals surface area contributed by atoms with E-state index in [1.165, 1.54) is 42.5 Å². The van der Waals surface area contributed by atoms with E-state index in [1.54, 1.807) is 6.92 Å². The number of benzene rings is 2. The average molecular weight is 382 g/mol. The summed E-state index contributed by atoms with van der Waals surface area (Å²) in [4.78, 5) is 12.6. The van der Waals surface area contributed by atoms with Gasteiger partial charge < -0.3 is 5.32 Å². The number of para-hydroxylation sites is 1. The van der Waals surface area contributed by atoms with Crippen molar-refractivity contribution in [2.45, 2.75) is 25.9 Å². The number of hydrogen-bond donors (Lipinski definition) is 1. The van der Waals surface area contributed by atoms with Gasteiger partial charge in [0.25, 0.3) is 0 Å². The fourth-order valence-electron chi connectivity index (χ4n) is 2.58. The van der Waals surface area contributed by atoms with Crippen LogP contribution in [0.5, 0.6) is 0 Å². The Hall–Kier alpha value is -2.48. The molecule has 1 amide bonds. The molecule has 0 aliphatic rings. The molecule has 2 rings (SSSR count). The molecule has 26 heavy (non-hydrogen) atoms. The first-order valence-corrected chi connectivity index (χ1v) is 9.85. The Morgan fingerprint density at radius 3 is 2.27 bits per heavy atom. The summed E-state index contributed by atoms with van der Waals surface area (Å²) in [7, 11) is -3.90. The Morgan fingerprint density at radius 2 is 1.73 bits per heavy atom. The van der Waals surface area contributed by atoms with Gasteiger partial charge in [0.05, 0.1) is 11.9 Å². The Balaban J connectivity index is 2.25. The number of nitrogens with one attached hydrogen (secondary N) is 1. The Bertz CT molecular complexity index is 870. The topological polar surface area (TPSA) is 66.5 Å². The van der Waals surface area contributed by atoms with Crippen LogP contribution in [-0.2, 0) is 21.4 Å². The van der Waals surface area contributed by atoms with E-state index in [9.17, 15) is 22.0 Å². The van der Waals surface area contributed by atoms with Crippen molar-refractivity contribution in [2.75, 3.05) is 10.6 Å². The lowest BCUT2D eigenvalue weighted by molar-refractivity contribution is -0.122. The molecule has 0 bridgehead atoms. The van der Waals surface area contributed by atoms with Gasteiger partial charge in [-0.2, -0.15) is 0 Å². The number of carbonyl (C=O) groups is 1. The Kier molecular flexibility index (Phi) is 6.31. The van der Waals surface area contributed by atoms with Gasteiger partial charge in [-0.05, 0) is 36.2 Å². The van der Waals surface area contributed by atoms with Crippen LogP contribution in [0.4, 0.5) is 14.5 Å². The first-order chi connectivity index (χ1) is 12.2. The van der Waals surface area contributed by atoms with E-state index in [0.717, 1.165) is 16.6 Å². The van der Waals surface area contributed by atoms with Gasteiger partial charge in [-0.3, -0.25) is 9.10 Å². The highest BCUT2D eigenvalue weighted by atomic mass is 32.2. The van der Waals surface area contributed by atoms with Crippen LogP contribution in [0.2, 0.25) is 0 Å². The smallest absolute Gasteiger partial charge is 0.244 e. The van der Waals surface area contributed by atoms with E-state index in [0.29, 0.717) is 5.56 Å². The van der Waals surface area contributed by atoms with Crippen LogP contribution in [0.15, 0.2) is 48.5 Å². The monoisotopic (exact) mass is 382 g/mol. The second kappa shape index (κ2) is 8.27. The van der Waals surface area contributed by atoms with Crippen molar-refractivity contribution < 1.29 is 22.0 Å². The lowest BCUT2D eigenvalue weighted by Crippen LogP contribution is -2.49. The summed E-state index contributed by atoms with van der Waals surface area (Å²) in [6.45, 7) is 1.74. The van der Waals surface area contributed by atoms with Crippen molar-refractivity contribution in [3.63, 3.8) is 0 Å². The van der Waals surface area contributed by atoms with Crippen LogP contribution in [0.25, 0.3) is 0 Å². The predicted octanol–water partition coefficient (Wildman–Crippen LogP) is 2.83. The van der Waals surface area contributed by atoms with Crippen LogP contribution in [-0.4, -0.2) is 26.6 Å². The quantitative estimate of drug-likeness (QED) is 0.801. The molecule has 1 N–H and O–H groups in total. The molecule has 8 heteroatoms. The van der Waals surface area contributed by atoms with E-state index in [2.05, 4.69) is 5.32 Å².